The van der Waals surface area contributed by atoms with E-state index in [2.05, 4.69) is 0 Å². The van der Waals surface area contributed by atoms with Gasteiger partial charge in [-0.3, -0.25) is 9.59 Å². The molecule has 3 aliphatic heterocycles. The van der Waals surface area contributed by atoms with E-state index in [9.17, 15) is 22.8 Å². The van der Waals surface area contributed by atoms with Crippen molar-refractivity contribution in [2.24, 2.45) is 11.8 Å². The molecular formula is C30H29F3NO3+. The summed E-state index contributed by atoms with van der Waals surface area (Å²) in [6, 6.07) is 17.5. The van der Waals surface area contributed by atoms with Gasteiger partial charge in [-0.15, -0.1) is 0 Å². The van der Waals surface area contributed by atoms with E-state index in [1.807, 2.05) is 0 Å². The fourth-order valence-electron chi connectivity index (χ4n) is 6.03. The molecule has 6 rings (SSSR count). The highest BCUT2D eigenvalue weighted by Crippen LogP contribution is 2.40. The van der Waals surface area contributed by atoms with Gasteiger partial charge in [-0.25, -0.2) is 13.2 Å². The molecule has 192 valence electrons. The van der Waals surface area contributed by atoms with Crippen LogP contribution in [0.5, 0.6) is 0 Å². The Bertz CT molecular complexity index is 1260. The highest BCUT2D eigenvalue weighted by Gasteiger charge is 2.47. The zero-order chi connectivity index (χ0) is 26.0. The molecule has 3 aromatic carbocycles. The van der Waals surface area contributed by atoms with Crippen LogP contribution in [-0.4, -0.2) is 42.4 Å². The number of rotatable bonds is 8. The third kappa shape index (κ3) is 5.62. The second-order valence-corrected chi connectivity index (χ2v) is 10.3. The van der Waals surface area contributed by atoms with Crippen LogP contribution in [0.15, 0.2) is 72.8 Å². The normalized spacial score (nSPS) is 22.7. The summed E-state index contributed by atoms with van der Waals surface area (Å²) in [7, 11) is 0. The molecule has 3 aromatic rings. The summed E-state index contributed by atoms with van der Waals surface area (Å²) >= 11 is 0. The van der Waals surface area contributed by atoms with E-state index in [-0.39, 0.29) is 30.2 Å². The zero-order valence-corrected chi connectivity index (χ0v) is 20.4. The van der Waals surface area contributed by atoms with E-state index < -0.39 is 29.5 Å². The van der Waals surface area contributed by atoms with Crippen LogP contribution in [0, 0.1) is 29.3 Å². The number of hydrogen-bond donors (Lipinski definition) is 0. The summed E-state index contributed by atoms with van der Waals surface area (Å²) in [5.74, 6) is -1.77. The van der Waals surface area contributed by atoms with Crippen molar-refractivity contribution < 1.29 is 32.0 Å². The Kier molecular flexibility index (Phi) is 7.15. The maximum atomic E-state index is 14.2. The average Bonchev–Trinajstić information content (AvgIpc) is 2.88. The number of ether oxygens (including phenoxy) is 1. The van der Waals surface area contributed by atoms with Gasteiger partial charge in [0.25, 0.3) is 0 Å². The number of hydrogen-bond acceptors (Lipinski definition) is 3. The molecule has 3 aliphatic rings. The van der Waals surface area contributed by atoms with Crippen LogP contribution in [-0.2, 0) is 9.53 Å². The van der Waals surface area contributed by atoms with Crippen molar-refractivity contribution >= 4 is 11.8 Å². The Balaban J connectivity index is 1.30. The summed E-state index contributed by atoms with van der Waals surface area (Å²) < 4.78 is 48.5. The maximum absolute atomic E-state index is 14.2. The molecule has 4 nitrogen and oxygen atoms in total. The molecule has 3 fully saturated rings. The molecule has 0 amide bonds. The number of benzene rings is 3. The minimum absolute atomic E-state index is 0.0177. The lowest BCUT2D eigenvalue weighted by molar-refractivity contribution is -0.939. The first-order valence-electron chi connectivity index (χ1n) is 12.7. The monoisotopic (exact) mass is 508 g/mol. The van der Waals surface area contributed by atoms with Gasteiger partial charge in [0.2, 0.25) is 5.78 Å². The van der Waals surface area contributed by atoms with Crippen molar-refractivity contribution in [1.29, 1.82) is 0 Å². The number of Topliss-reactive ketones (excluding diaryl/α,β-unsaturated/α-hetero) is 1. The molecule has 0 saturated carbocycles. The second-order valence-electron chi connectivity index (χ2n) is 10.3. The Morgan fingerprint density at radius 3 is 2.08 bits per heavy atom. The number of quaternary nitrogens is 1. The number of nitrogens with zero attached hydrogens (tertiary/aromatic N) is 1. The van der Waals surface area contributed by atoms with Crippen molar-refractivity contribution in [1.82, 2.24) is 0 Å². The lowest BCUT2D eigenvalue weighted by Crippen LogP contribution is -2.63. The summed E-state index contributed by atoms with van der Waals surface area (Å²) in [5.41, 5.74) is 0.949. The van der Waals surface area contributed by atoms with Crippen LogP contribution in [0.4, 0.5) is 13.2 Å². The fourth-order valence-corrected chi connectivity index (χ4v) is 6.03. The Hall–Kier alpha value is -3.45. The Labute approximate surface area is 214 Å². The third-order valence-corrected chi connectivity index (χ3v) is 7.87. The van der Waals surface area contributed by atoms with Gasteiger partial charge in [-0.2, -0.15) is 0 Å². The molecule has 1 atom stereocenters. The molecule has 0 radical (unpaired) electrons. The molecule has 0 N–H and O–H groups in total. The van der Waals surface area contributed by atoms with Gasteiger partial charge in [0.05, 0.1) is 31.6 Å². The molecule has 3 saturated heterocycles. The van der Waals surface area contributed by atoms with Crippen molar-refractivity contribution in [3.63, 3.8) is 0 Å². The Morgan fingerprint density at radius 2 is 1.49 bits per heavy atom. The SMILES string of the molecule is O=C(C[C@H]1C[N+]2(CC(=O)c3ccccc3F)CCC1CC2)OC(c1cccc(F)c1)c1cccc(F)c1. The quantitative estimate of drug-likeness (QED) is 0.217. The number of piperidine rings is 3. The largest absolute Gasteiger partial charge is 0.453 e. The molecule has 0 aliphatic carbocycles. The van der Waals surface area contributed by atoms with Crippen LogP contribution < -0.4 is 0 Å². The van der Waals surface area contributed by atoms with E-state index in [0.29, 0.717) is 28.1 Å². The summed E-state index contributed by atoms with van der Waals surface area (Å²) in [6.45, 7) is 2.50. The number of esters is 1. The van der Waals surface area contributed by atoms with Crippen molar-refractivity contribution in [3.05, 3.63) is 107 Å². The number of ketones is 1. The van der Waals surface area contributed by atoms with Crippen molar-refractivity contribution in [2.45, 2.75) is 25.4 Å². The molecule has 2 bridgehead atoms. The van der Waals surface area contributed by atoms with Crippen LogP contribution in [0.1, 0.15) is 46.9 Å². The smallest absolute Gasteiger partial charge is 0.307 e. The topological polar surface area (TPSA) is 43.4 Å². The van der Waals surface area contributed by atoms with Gasteiger partial charge in [-0.05, 0) is 53.4 Å². The Morgan fingerprint density at radius 1 is 0.865 bits per heavy atom. The van der Waals surface area contributed by atoms with E-state index >= 15 is 0 Å². The first-order chi connectivity index (χ1) is 17.8. The van der Waals surface area contributed by atoms with Crippen molar-refractivity contribution in [3.8, 4) is 0 Å². The predicted octanol–water partition coefficient (Wildman–Crippen LogP) is 5.87. The average molecular weight is 509 g/mol. The minimum Gasteiger partial charge on any atom is -0.453 e. The molecular weight excluding hydrogens is 479 g/mol. The molecule has 3 heterocycles. The van der Waals surface area contributed by atoms with Gasteiger partial charge in [0.15, 0.2) is 6.10 Å². The first kappa shape index (κ1) is 25.2. The van der Waals surface area contributed by atoms with E-state index in [0.717, 1.165) is 25.9 Å². The molecule has 37 heavy (non-hydrogen) atoms. The molecule has 7 heteroatoms. The maximum Gasteiger partial charge on any atom is 0.307 e. The highest BCUT2D eigenvalue weighted by atomic mass is 19.1. The van der Waals surface area contributed by atoms with Gasteiger partial charge in [-0.1, -0.05) is 36.4 Å². The third-order valence-electron chi connectivity index (χ3n) is 7.87. The second kappa shape index (κ2) is 10.5. The number of carbonyl (C=O) groups is 2. The van der Waals surface area contributed by atoms with Gasteiger partial charge < -0.3 is 9.22 Å². The number of halogens is 3. The first-order valence-corrected chi connectivity index (χ1v) is 12.7. The van der Waals surface area contributed by atoms with Crippen LogP contribution in [0.3, 0.4) is 0 Å². The van der Waals surface area contributed by atoms with Crippen LogP contribution in [0.2, 0.25) is 0 Å². The van der Waals surface area contributed by atoms with E-state index in [4.69, 9.17) is 4.74 Å². The predicted molar refractivity (Wildman–Crippen MR) is 132 cm³/mol. The van der Waals surface area contributed by atoms with Crippen LogP contribution >= 0.6 is 0 Å². The van der Waals surface area contributed by atoms with E-state index in [1.165, 1.54) is 48.5 Å². The summed E-state index contributed by atoms with van der Waals surface area (Å²) in [4.78, 5) is 26.1. The fraction of sp³-hybridized carbons (Fsp3) is 0.333. The van der Waals surface area contributed by atoms with Gasteiger partial charge in [0, 0.05) is 18.8 Å². The summed E-state index contributed by atoms with van der Waals surface area (Å²) in [6.07, 6.45) is 0.991. The molecule has 0 spiro atoms. The molecule has 0 aromatic heterocycles. The van der Waals surface area contributed by atoms with E-state index in [1.54, 1.807) is 24.3 Å². The minimum atomic E-state index is -0.939. The summed E-state index contributed by atoms with van der Waals surface area (Å²) in [5, 5.41) is 0. The number of carbonyl (C=O) groups excluding carboxylic acids is 2. The number of fused-ring (bicyclic) bond motifs is 3. The van der Waals surface area contributed by atoms with Gasteiger partial charge >= 0.3 is 5.97 Å². The van der Waals surface area contributed by atoms with Crippen LogP contribution in [0.25, 0.3) is 0 Å². The standard InChI is InChI=1S/C30H29F3NO3/c31-24-7-3-5-21(15-24)30(22-6-4-8-25(32)16-22)37-29(36)17-23-18-34(13-11-20(23)12-14-34)19-28(35)26-9-1-2-10-27(26)33/h1-10,15-16,20,23,30H,11-14,17-19H2/q+1/t20?,23-,34?/m0/s1. The van der Waals surface area contributed by atoms with Crippen molar-refractivity contribution in [2.75, 3.05) is 26.2 Å². The lowest BCUT2D eigenvalue weighted by Gasteiger charge is -2.52. The lowest BCUT2D eigenvalue weighted by atomic mass is 9.75. The highest BCUT2D eigenvalue weighted by molar-refractivity contribution is 5.97. The van der Waals surface area contributed by atoms with Gasteiger partial charge in [0.1, 0.15) is 24.0 Å². The molecule has 0 unspecified atom stereocenters. The zero-order valence-electron chi connectivity index (χ0n) is 20.4.